The summed E-state index contributed by atoms with van der Waals surface area (Å²) >= 11 is 5.33. The van der Waals surface area contributed by atoms with Crippen LogP contribution < -0.4 is 0 Å². The molecule has 0 fully saturated rings. The maximum atomic E-state index is 13.2. The molecule has 104 valence electrons. The normalized spacial score (nSPS) is 12.2. The lowest BCUT2D eigenvalue weighted by Crippen LogP contribution is -2.21. The lowest BCUT2D eigenvalue weighted by atomic mass is 9.89. The zero-order valence-electron chi connectivity index (χ0n) is 11.5. The number of H-pyrrole nitrogens is 1. The molecule has 1 heterocycles. The standard InChI is InChI=1S/C14H19FN2OS/c1-14(2,6-7-18-3)9-17-12-5-4-10(15)8-11(12)16-13(17)19/h4-5,8H,6-7,9H2,1-3H3,(H,16,19). The number of methoxy groups -OCH3 is 1. The number of aromatic amines is 1. The van der Waals surface area contributed by atoms with E-state index < -0.39 is 0 Å². The Bertz CT molecular complexity index is 630. The monoisotopic (exact) mass is 282 g/mol. The number of rotatable bonds is 5. The number of benzene rings is 1. The lowest BCUT2D eigenvalue weighted by molar-refractivity contribution is 0.143. The zero-order chi connectivity index (χ0) is 14.0. The van der Waals surface area contributed by atoms with Crippen LogP contribution in [0.5, 0.6) is 0 Å². The summed E-state index contributed by atoms with van der Waals surface area (Å²) in [6.07, 6.45) is 0.944. The number of aromatic nitrogens is 2. The van der Waals surface area contributed by atoms with Gasteiger partial charge in [0, 0.05) is 20.3 Å². The van der Waals surface area contributed by atoms with Crippen molar-refractivity contribution in [3.8, 4) is 0 Å². The van der Waals surface area contributed by atoms with Crippen molar-refractivity contribution in [3.05, 3.63) is 28.8 Å². The molecule has 0 saturated carbocycles. The lowest BCUT2D eigenvalue weighted by Gasteiger charge is -2.25. The Kier molecular flexibility index (Phi) is 4.06. The Morgan fingerprint density at radius 2 is 2.16 bits per heavy atom. The van der Waals surface area contributed by atoms with Gasteiger partial charge in [-0.2, -0.15) is 0 Å². The fourth-order valence-electron chi connectivity index (χ4n) is 2.18. The van der Waals surface area contributed by atoms with E-state index in [-0.39, 0.29) is 11.2 Å². The van der Waals surface area contributed by atoms with Crippen molar-refractivity contribution in [2.24, 2.45) is 5.41 Å². The number of nitrogens with zero attached hydrogens (tertiary/aromatic N) is 1. The van der Waals surface area contributed by atoms with Gasteiger partial charge >= 0.3 is 0 Å². The predicted molar refractivity (Wildman–Crippen MR) is 77.4 cm³/mol. The minimum atomic E-state index is -0.255. The van der Waals surface area contributed by atoms with Crippen molar-refractivity contribution in [1.29, 1.82) is 0 Å². The van der Waals surface area contributed by atoms with Gasteiger partial charge in [-0.15, -0.1) is 0 Å². The van der Waals surface area contributed by atoms with Crippen LogP contribution in [0.4, 0.5) is 4.39 Å². The third-order valence-electron chi connectivity index (χ3n) is 3.31. The molecule has 19 heavy (non-hydrogen) atoms. The van der Waals surface area contributed by atoms with Gasteiger partial charge in [0.1, 0.15) is 5.82 Å². The van der Waals surface area contributed by atoms with E-state index in [4.69, 9.17) is 17.0 Å². The van der Waals surface area contributed by atoms with Crippen LogP contribution in [0, 0.1) is 16.0 Å². The minimum absolute atomic E-state index is 0.0672. The minimum Gasteiger partial charge on any atom is -0.385 e. The van der Waals surface area contributed by atoms with Gasteiger partial charge in [-0.1, -0.05) is 13.8 Å². The van der Waals surface area contributed by atoms with Crippen LogP contribution in [0.15, 0.2) is 18.2 Å². The van der Waals surface area contributed by atoms with Crippen LogP contribution >= 0.6 is 12.2 Å². The molecule has 3 nitrogen and oxygen atoms in total. The average molecular weight is 282 g/mol. The van der Waals surface area contributed by atoms with Crippen LogP contribution in [-0.4, -0.2) is 23.3 Å². The Labute approximate surface area is 117 Å². The first-order chi connectivity index (χ1) is 8.93. The summed E-state index contributed by atoms with van der Waals surface area (Å²) in [4.78, 5) is 3.05. The first-order valence-electron chi connectivity index (χ1n) is 6.30. The third-order valence-corrected chi connectivity index (χ3v) is 3.63. The Hall–Kier alpha value is -1.20. The molecular formula is C14H19FN2OS. The van der Waals surface area contributed by atoms with E-state index in [0.717, 1.165) is 30.6 Å². The van der Waals surface area contributed by atoms with Gasteiger partial charge < -0.3 is 14.3 Å². The Morgan fingerprint density at radius 1 is 1.42 bits per heavy atom. The van der Waals surface area contributed by atoms with Gasteiger partial charge in [0.2, 0.25) is 0 Å². The summed E-state index contributed by atoms with van der Waals surface area (Å²) in [6.45, 7) is 5.85. The highest BCUT2D eigenvalue weighted by Crippen LogP contribution is 2.26. The largest absolute Gasteiger partial charge is 0.385 e. The zero-order valence-corrected chi connectivity index (χ0v) is 12.3. The smallest absolute Gasteiger partial charge is 0.178 e. The SMILES string of the molecule is COCCC(C)(C)Cn1c(=S)[nH]c2cc(F)ccc21. The summed E-state index contributed by atoms with van der Waals surface area (Å²) in [7, 11) is 1.70. The van der Waals surface area contributed by atoms with Crippen LogP contribution in [0.2, 0.25) is 0 Å². The van der Waals surface area contributed by atoms with Crippen LogP contribution in [0.1, 0.15) is 20.3 Å². The van der Waals surface area contributed by atoms with Gasteiger partial charge in [0.15, 0.2) is 4.77 Å². The first kappa shape index (κ1) is 14.2. The molecule has 0 bridgehead atoms. The van der Waals surface area contributed by atoms with E-state index in [0.29, 0.717) is 4.77 Å². The molecule has 0 saturated heterocycles. The summed E-state index contributed by atoms with van der Waals surface area (Å²) < 4.78 is 21.0. The second-order valence-electron chi connectivity index (χ2n) is 5.58. The predicted octanol–water partition coefficient (Wildman–Crippen LogP) is 3.90. The molecule has 0 atom stereocenters. The molecule has 0 aliphatic rings. The summed E-state index contributed by atoms with van der Waals surface area (Å²) in [5.74, 6) is -0.255. The second-order valence-corrected chi connectivity index (χ2v) is 5.97. The van der Waals surface area contributed by atoms with Crippen molar-refractivity contribution in [1.82, 2.24) is 9.55 Å². The molecule has 1 aromatic heterocycles. The number of halogens is 1. The molecule has 0 spiro atoms. The summed E-state index contributed by atoms with van der Waals surface area (Å²) in [5.41, 5.74) is 1.75. The van der Waals surface area contributed by atoms with E-state index in [1.54, 1.807) is 13.2 Å². The van der Waals surface area contributed by atoms with Crippen molar-refractivity contribution < 1.29 is 9.13 Å². The van der Waals surface area contributed by atoms with Gasteiger partial charge in [0.25, 0.3) is 0 Å². The molecule has 0 amide bonds. The quantitative estimate of drug-likeness (QED) is 0.843. The fourth-order valence-corrected chi connectivity index (χ4v) is 2.45. The van der Waals surface area contributed by atoms with Gasteiger partial charge in [-0.3, -0.25) is 0 Å². The van der Waals surface area contributed by atoms with E-state index in [1.165, 1.54) is 12.1 Å². The molecule has 0 aliphatic carbocycles. The number of hydrogen-bond donors (Lipinski definition) is 1. The van der Waals surface area contributed by atoms with Gasteiger partial charge in [0.05, 0.1) is 11.0 Å². The second kappa shape index (κ2) is 5.43. The van der Waals surface area contributed by atoms with Gasteiger partial charge in [-0.05, 0) is 42.3 Å². The fraction of sp³-hybridized carbons (Fsp3) is 0.500. The molecule has 0 unspecified atom stereocenters. The number of hydrogen-bond acceptors (Lipinski definition) is 2. The maximum Gasteiger partial charge on any atom is 0.178 e. The van der Waals surface area contributed by atoms with Crippen LogP contribution in [0.25, 0.3) is 11.0 Å². The highest BCUT2D eigenvalue weighted by molar-refractivity contribution is 7.71. The number of fused-ring (bicyclic) bond motifs is 1. The molecule has 2 aromatic rings. The number of ether oxygens (including phenoxy) is 1. The highest BCUT2D eigenvalue weighted by atomic mass is 32.1. The summed E-state index contributed by atoms with van der Waals surface area (Å²) in [6, 6.07) is 4.71. The van der Waals surface area contributed by atoms with Crippen molar-refractivity contribution >= 4 is 23.3 Å². The Balaban J connectivity index is 2.35. The molecular weight excluding hydrogens is 263 g/mol. The van der Waals surface area contributed by atoms with E-state index in [9.17, 15) is 4.39 Å². The average Bonchev–Trinajstić information content (AvgIpc) is 2.62. The number of nitrogens with one attached hydrogen (secondary N) is 1. The molecule has 1 aromatic carbocycles. The van der Waals surface area contributed by atoms with Crippen LogP contribution in [0.3, 0.4) is 0 Å². The van der Waals surface area contributed by atoms with Crippen LogP contribution in [-0.2, 0) is 11.3 Å². The highest BCUT2D eigenvalue weighted by Gasteiger charge is 2.20. The number of imidazole rings is 1. The van der Waals surface area contributed by atoms with Gasteiger partial charge in [-0.25, -0.2) is 4.39 Å². The van der Waals surface area contributed by atoms with E-state index in [2.05, 4.69) is 18.8 Å². The topological polar surface area (TPSA) is 29.9 Å². The molecule has 1 N–H and O–H groups in total. The molecule has 0 radical (unpaired) electrons. The van der Waals surface area contributed by atoms with Crippen molar-refractivity contribution in [2.45, 2.75) is 26.8 Å². The van der Waals surface area contributed by atoms with E-state index in [1.807, 2.05) is 4.57 Å². The molecule has 2 rings (SSSR count). The molecule has 0 aliphatic heterocycles. The van der Waals surface area contributed by atoms with E-state index >= 15 is 0 Å². The molecule has 5 heteroatoms. The van der Waals surface area contributed by atoms with Crippen molar-refractivity contribution in [3.63, 3.8) is 0 Å². The third kappa shape index (κ3) is 3.22. The maximum absolute atomic E-state index is 13.2. The summed E-state index contributed by atoms with van der Waals surface area (Å²) in [5, 5.41) is 0. The first-order valence-corrected chi connectivity index (χ1v) is 6.71. The van der Waals surface area contributed by atoms with Crippen molar-refractivity contribution in [2.75, 3.05) is 13.7 Å². The Morgan fingerprint density at radius 3 is 2.84 bits per heavy atom.